The van der Waals surface area contributed by atoms with Gasteiger partial charge in [-0.1, -0.05) is 29.8 Å². The number of morpholine rings is 1. The largest absolute Gasteiger partial charge is 0.426 e. The summed E-state index contributed by atoms with van der Waals surface area (Å²) in [7, 11) is 0. The average molecular weight is 350 g/mol. The third kappa shape index (κ3) is 3.97. The maximum Gasteiger partial charge on any atom is 0.216 e. The Morgan fingerprint density at radius 3 is 2.79 bits per heavy atom. The van der Waals surface area contributed by atoms with Crippen LogP contribution >= 0.6 is 11.6 Å². The molecule has 6 heteroatoms. The van der Waals surface area contributed by atoms with Gasteiger partial charge in [0.05, 0.1) is 12.7 Å². The van der Waals surface area contributed by atoms with Crippen LogP contribution in [0.2, 0.25) is 5.02 Å². The van der Waals surface area contributed by atoms with Crippen molar-refractivity contribution in [2.75, 3.05) is 19.7 Å². The summed E-state index contributed by atoms with van der Waals surface area (Å²) < 4.78 is 11.5. The van der Waals surface area contributed by atoms with Crippen LogP contribution in [0.15, 0.2) is 28.7 Å². The van der Waals surface area contributed by atoms with Crippen LogP contribution in [0.1, 0.15) is 43.7 Å². The van der Waals surface area contributed by atoms with Gasteiger partial charge in [0.1, 0.15) is 0 Å². The van der Waals surface area contributed by atoms with E-state index in [2.05, 4.69) is 28.9 Å². The molecule has 1 aliphatic heterocycles. The second-order valence-corrected chi connectivity index (χ2v) is 7.31. The van der Waals surface area contributed by atoms with Crippen LogP contribution in [0.25, 0.3) is 0 Å². The first kappa shape index (κ1) is 17.4. The molecule has 0 aliphatic carbocycles. The van der Waals surface area contributed by atoms with Crippen molar-refractivity contribution in [3.05, 3.63) is 46.6 Å². The first-order valence-electron chi connectivity index (χ1n) is 8.36. The Morgan fingerprint density at radius 1 is 1.29 bits per heavy atom. The smallest absolute Gasteiger partial charge is 0.216 e. The number of aromatic nitrogens is 2. The first-order chi connectivity index (χ1) is 11.5. The van der Waals surface area contributed by atoms with Gasteiger partial charge >= 0.3 is 0 Å². The molecule has 3 rings (SSSR count). The molecule has 1 saturated heterocycles. The zero-order chi connectivity index (χ0) is 17.2. The van der Waals surface area contributed by atoms with Crippen LogP contribution in [0.4, 0.5) is 0 Å². The third-order valence-corrected chi connectivity index (χ3v) is 4.86. The van der Waals surface area contributed by atoms with Crippen molar-refractivity contribution in [3.8, 4) is 0 Å². The van der Waals surface area contributed by atoms with Crippen molar-refractivity contribution in [3.63, 3.8) is 0 Å². The quantitative estimate of drug-likeness (QED) is 0.821. The van der Waals surface area contributed by atoms with E-state index >= 15 is 0 Å². The molecular weight excluding hydrogens is 326 g/mol. The summed E-state index contributed by atoms with van der Waals surface area (Å²) in [5, 5.41) is 8.71. The molecule has 1 aliphatic rings. The summed E-state index contributed by atoms with van der Waals surface area (Å²) in [6.45, 7) is 8.72. The molecule has 1 aromatic carbocycles. The number of hydrogen-bond acceptors (Lipinski definition) is 5. The normalized spacial score (nSPS) is 21.1. The molecular formula is C18H24ClN3O2. The van der Waals surface area contributed by atoms with Crippen molar-refractivity contribution in [1.29, 1.82) is 0 Å². The Bertz CT molecular complexity index is 686. The number of hydrogen-bond donors (Lipinski definition) is 0. The maximum atomic E-state index is 6.34. The minimum Gasteiger partial charge on any atom is -0.426 e. The second kappa shape index (κ2) is 7.21. The minimum absolute atomic E-state index is 0.00250. The van der Waals surface area contributed by atoms with Crippen LogP contribution in [0, 0.1) is 6.92 Å². The fraction of sp³-hybridized carbons (Fsp3) is 0.556. The van der Waals surface area contributed by atoms with Gasteiger partial charge in [-0.3, -0.25) is 4.90 Å². The molecule has 0 unspecified atom stereocenters. The zero-order valence-electron chi connectivity index (χ0n) is 14.5. The molecule has 0 radical (unpaired) electrons. The lowest BCUT2D eigenvalue weighted by Gasteiger charge is -2.45. The van der Waals surface area contributed by atoms with Gasteiger partial charge in [-0.15, -0.1) is 10.2 Å². The van der Waals surface area contributed by atoms with E-state index in [1.165, 1.54) is 0 Å². The monoisotopic (exact) mass is 349 g/mol. The van der Waals surface area contributed by atoms with Crippen molar-refractivity contribution in [2.24, 2.45) is 0 Å². The number of nitrogens with zero attached hydrogens (tertiary/aromatic N) is 3. The van der Waals surface area contributed by atoms with E-state index in [1.807, 2.05) is 31.2 Å². The van der Waals surface area contributed by atoms with E-state index in [0.717, 1.165) is 36.5 Å². The van der Waals surface area contributed by atoms with E-state index in [-0.39, 0.29) is 11.6 Å². The SMILES string of the molecule is Cc1nnc(CCCN2C[C@H](c3ccccc3Cl)OCC2(C)C)o1. The summed E-state index contributed by atoms with van der Waals surface area (Å²) in [5.41, 5.74) is 1.06. The molecule has 0 amide bonds. The lowest BCUT2D eigenvalue weighted by Crippen LogP contribution is -2.54. The molecule has 0 saturated carbocycles. The van der Waals surface area contributed by atoms with Crippen LogP contribution < -0.4 is 0 Å². The van der Waals surface area contributed by atoms with E-state index < -0.39 is 0 Å². The number of benzene rings is 1. The third-order valence-electron chi connectivity index (χ3n) is 4.52. The van der Waals surface area contributed by atoms with Gasteiger partial charge < -0.3 is 9.15 Å². The molecule has 1 aromatic heterocycles. The van der Waals surface area contributed by atoms with Gasteiger partial charge in [-0.25, -0.2) is 0 Å². The Hall–Kier alpha value is -1.43. The van der Waals surface area contributed by atoms with Crippen molar-refractivity contribution < 1.29 is 9.15 Å². The Labute approximate surface area is 148 Å². The highest BCUT2D eigenvalue weighted by molar-refractivity contribution is 6.31. The van der Waals surface area contributed by atoms with Crippen molar-refractivity contribution in [1.82, 2.24) is 15.1 Å². The highest BCUT2D eigenvalue weighted by atomic mass is 35.5. The number of rotatable bonds is 5. The summed E-state index contributed by atoms with van der Waals surface area (Å²) in [6, 6.07) is 7.92. The Kier molecular flexibility index (Phi) is 5.23. The van der Waals surface area contributed by atoms with Gasteiger partial charge in [0.2, 0.25) is 11.8 Å². The lowest BCUT2D eigenvalue weighted by molar-refractivity contribution is -0.101. The van der Waals surface area contributed by atoms with E-state index in [9.17, 15) is 0 Å². The number of ether oxygens (including phenoxy) is 1. The van der Waals surface area contributed by atoms with Gasteiger partial charge in [0.15, 0.2) is 0 Å². The van der Waals surface area contributed by atoms with E-state index in [0.29, 0.717) is 18.4 Å². The summed E-state index contributed by atoms with van der Waals surface area (Å²) in [6.07, 6.45) is 1.78. The Balaban J connectivity index is 1.62. The molecule has 0 spiro atoms. The summed E-state index contributed by atoms with van der Waals surface area (Å²) in [5.74, 6) is 1.33. The molecule has 2 heterocycles. The topological polar surface area (TPSA) is 51.4 Å². The zero-order valence-corrected chi connectivity index (χ0v) is 15.2. The molecule has 2 aromatic rings. The summed E-state index contributed by atoms with van der Waals surface area (Å²) in [4.78, 5) is 2.47. The van der Waals surface area contributed by atoms with Crippen LogP contribution in [0.5, 0.6) is 0 Å². The minimum atomic E-state index is 0.00250. The molecule has 0 N–H and O–H groups in total. The Morgan fingerprint density at radius 2 is 2.08 bits per heavy atom. The van der Waals surface area contributed by atoms with Gasteiger partial charge in [0.25, 0.3) is 0 Å². The molecule has 24 heavy (non-hydrogen) atoms. The molecule has 1 atom stereocenters. The number of aryl methyl sites for hydroxylation is 2. The standard InChI is InChI=1S/C18H24ClN3O2/c1-13-20-21-17(24-13)9-6-10-22-11-16(23-12-18(22,2)3)14-7-4-5-8-15(14)19/h4-5,7-8,16H,6,9-12H2,1-3H3/t16-/m1/s1. The predicted molar refractivity (Wildman–Crippen MR) is 93.2 cm³/mol. The van der Waals surface area contributed by atoms with Crippen molar-refractivity contribution in [2.45, 2.75) is 45.3 Å². The van der Waals surface area contributed by atoms with Gasteiger partial charge in [-0.05, 0) is 32.9 Å². The predicted octanol–water partition coefficient (Wildman–Crippen LogP) is 3.82. The summed E-state index contributed by atoms with van der Waals surface area (Å²) >= 11 is 6.34. The number of halogens is 1. The van der Waals surface area contributed by atoms with Crippen molar-refractivity contribution >= 4 is 11.6 Å². The maximum absolute atomic E-state index is 6.34. The van der Waals surface area contributed by atoms with E-state index in [1.54, 1.807) is 0 Å². The van der Waals surface area contributed by atoms with Crippen LogP contribution in [0.3, 0.4) is 0 Å². The fourth-order valence-electron chi connectivity index (χ4n) is 3.07. The van der Waals surface area contributed by atoms with Gasteiger partial charge in [0, 0.05) is 36.0 Å². The van der Waals surface area contributed by atoms with Crippen LogP contribution in [-0.2, 0) is 11.2 Å². The highest BCUT2D eigenvalue weighted by Crippen LogP contribution is 2.33. The average Bonchev–Trinajstić information content (AvgIpc) is 2.95. The van der Waals surface area contributed by atoms with Gasteiger partial charge in [-0.2, -0.15) is 0 Å². The van der Waals surface area contributed by atoms with Crippen LogP contribution in [-0.4, -0.2) is 40.3 Å². The molecule has 1 fully saturated rings. The fourth-order valence-corrected chi connectivity index (χ4v) is 3.33. The lowest BCUT2D eigenvalue weighted by atomic mass is 9.97. The molecule has 0 bridgehead atoms. The highest BCUT2D eigenvalue weighted by Gasteiger charge is 2.35. The molecule has 5 nitrogen and oxygen atoms in total. The molecule has 130 valence electrons. The second-order valence-electron chi connectivity index (χ2n) is 6.90. The van der Waals surface area contributed by atoms with E-state index in [4.69, 9.17) is 20.8 Å². The first-order valence-corrected chi connectivity index (χ1v) is 8.73.